The molecule has 0 N–H and O–H groups in total. The lowest BCUT2D eigenvalue weighted by molar-refractivity contribution is -0.137. The number of alkyl halides is 3. The number of nitrogens with zero attached hydrogens (tertiary/aromatic N) is 2. The van der Waals surface area contributed by atoms with Crippen molar-refractivity contribution in [2.24, 2.45) is 0 Å². The van der Waals surface area contributed by atoms with Crippen LogP contribution in [0.2, 0.25) is 0 Å². The van der Waals surface area contributed by atoms with Gasteiger partial charge in [-0.1, -0.05) is 36.4 Å². The van der Waals surface area contributed by atoms with Crippen LogP contribution in [0.3, 0.4) is 0 Å². The van der Waals surface area contributed by atoms with Gasteiger partial charge in [0, 0.05) is 37.3 Å². The van der Waals surface area contributed by atoms with E-state index >= 15 is 0 Å². The molecule has 4 nitrogen and oxygen atoms in total. The lowest BCUT2D eigenvalue weighted by Crippen LogP contribution is -2.48. The summed E-state index contributed by atoms with van der Waals surface area (Å²) in [5.74, 6) is 0.0721. The van der Waals surface area contributed by atoms with E-state index in [0.717, 1.165) is 28.3 Å². The molecule has 2 heterocycles. The summed E-state index contributed by atoms with van der Waals surface area (Å²) in [6.45, 7) is 1.73. The fourth-order valence-electron chi connectivity index (χ4n) is 4.10. The van der Waals surface area contributed by atoms with Crippen molar-refractivity contribution >= 4 is 33.3 Å². The third kappa shape index (κ3) is 3.60. The van der Waals surface area contributed by atoms with Crippen LogP contribution in [-0.2, 0) is 6.18 Å². The molecule has 31 heavy (non-hydrogen) atoms. The summed E-state index contributed by atoms with van der Waals surface area (Å²) in [5, 5.41) is 2.99. The molecule has 7 heteroatoms. The normalized spacial score (nSPS) is 15.1. The lowest BCUT2D eigenvalue weighted by atomic mass is 10.1. The maximum atomic E-state index is 13.0. The zero-order chi connectivity index (χ0) is 21.6. The number of carbonyl (C=O) groups excluding carboxylic acids is 1. The fraction of sp³-hybridized carbons (Fsp3) is 0.208. The molecular weight excluding hydrogens is 405 g/mol. The van der Waals surface area contributed by atoms with Crippen molar-refractivity contribution in [2.45, 2.75) is 6.18 Å². The number of furan rings is 1. The van der Waals surface area contributed by atoms with Gasteiger partial charge >= 0.3 is 6.18 Å². The van der Waals surface area contributed by atoms with E-state index in [2.05, 4.69) is 0 Å². The number of halogens is 3. The SMILES string of the molecule is O=C(c1cc2c(ccc3ccccc32)o1)N1CCN(c2cccc(C(F)(F)F)c2)CC1. The predicted molar refractivity (Wildman–Crippen MR) is 113 cm³/mol. The van der Waals surface area contributed by atoms with Crippen LogP contribution in [0.1, 0.15) is 16.1 Å². The Balaban J connectivity index is 1.33. The van der Waals surface area contributed by atoms with Gasteiger partial charge in [-0.15, -0.1) is 0 Å². The number of hydrogen-bond donors (Lipinski definition) is 0. The maximum Gasteiger partial charge on any atom is 0.416 e. The first-order valence-electron chi connectivity index (χ1n) is 10.0. The van der Waals surface area contributed by atoms with Crippen LogP contribution in [0.5, 0.6) is 0 Å². The summed E-state index contributed by atoms with van der Waals surface area (Å²) in [5.41, 5.74) is 0.500. The minimum Gasteiger partial charge on any atom is -0.451 e. The lowest BCUT2D eigenvalue weighted by Gasteiger charge is -2.36. The van der Waals surface area contributed by atoms with E-state index in [1.165, 1.54) is 6.07 Å². The Bertz CT molecular complexity index is 1270. The molecular formula is C24H19F3N2O2. The Morgan fingerprint density at radius 3 is 2.39 bits per heavy atom. The van der Waals surface area contributed by atoms with Crippen LogP contribution in [0.4, 0.5) is 18.9 Å². The second-order valence-electron chi connectivity index (χ2n) is 7.64. The van der Waals surface area contributed by atoms with Crippen molar-refractivity contribution in [3.63, 3.8) is 0 Å². The molecule has 1 saturated heterocycles. The van der Waals surface area contributed by atoms with Gasteiger partial charge in [0.1, 0.15) is 5.58 Å². The van der Waals surface area contributed by atoms with Crippen LogP contribution in [0, 0.1) is 0 Å². The van der Waals surface area contributed by atoms with Gasteiger partial charge in [0.25, 0.3) is 5.91 Å². The largest absolute Gasteiger partial charge is 0.451 e. The van der Waals surface area contributed by atoms with Crippen molar-refractivity contribution in [1.29, 1.82) is 0 Å². The number of hydrogen-bond acceptors (Lipinski definition) is 3. The Kier molecular flexibility index (Phi) is 4.61. The zero-order valence-electron chi connectivity index (χ0n) is 16.5. The van der Waals surface area contributed by atoms with E-state index in [1.807, 2.05) is 41.3 Å². The molecule has 1 aliphatic rings. The first-order chi connectivity index (χ1) is 14.9. The Morgan fingerprint density at radius 2 is 1.61 bits per heavy atom. The molecule has 1 amide bonds. The molecule has 4 aromatic rings. The van der Waals surface area contributed by atoms with Gasteiger partial charge in [-0.3, -0.25) is 4.79 Å². The van der Waals surface area contributed by atoms with Gasteiger partial charge < -0.3 is 14.2 Å². The predicted octanol–water partition coefficient (Wildman–Crippen LogP) is 5.57. The Morgan fingerprint density at radius 1 is 0.839 bits per heavy atom. The van der Waals surface area contributed by atoms with Gasteiger partial charge in [0.05, 0.1) is 5.56 Å². The molecule has 1 aliphatic heterocycles. The Hall–Kier alpha value is -3.48. The average molecular weight is 424 g/mol. The molecule has 0 bridgehead atoms. The van der Waals surface area contributed by atoms with E-state index in [-0.39, 0.29) is 11.7 Å². The second-order valence-corrected chi connectivity index (χ2v) is 7.64. The zero-order valence-corrected chi connectivity index (χ0v) is 16.5. The Labute approximate surface area is 176 Å². The molecule has 3 aromatic carbocycles. The number of fused-ring (bicyclic) bond motifs is 3. The van der Waals surface area contributed by atoms with Gasteiger partial charge in [-0.05, 0) is 41.1 Å². The van der Waals surface area contributed by atoms with Crippen molar-refractivity contribution in [3.05, 3.63) is 78.1 Å². The summed E-state index contributed by atoms with van der Waals surface area (Å²) < 4.78 is 44.8. The topological polar surface area (TPSA) is 36.7 Å². The number of anilines is 1. The van der Waals surface area contributed by atoms with Crippen LogP contribution in [-0.4, -0.2) is 37.0 Å². The first-order valence-corrected chi connectivity index (χ1v) is 10.0. The maximum absolute atomic E-state index is 13.0. The molecule has 0 unspecified atom stereocenters. The third-order valence-corrected chi connectivity index (χ3v) is 5.74. The highest BCUT2D eigenvalue weighted by Gasteiger charge is 2.31. The molecule has 0 saturated carbocycles. The molecule has 0 atom stereocenters. The fourth-order valence-corrected chi connectivity index (χ4v) is 4.10. The van der Waals surface area contributed by atoms with E-state index in [1.54, 1.807) is 17.0 Å². The van der Waals surface area contributed by atoms with Crippen molar-refractivity contribution < 1.29 is 22.4 Å². The highest BCUT2D eigenvalue weighted by atomic mass is 19.4. The first kappa shape index (κ1) is 19.5. The van der Waals surface area contributed by atoms with Gasteiger partial charge in [0.15, 0.2) is 5.76 Å². The minimum atomic E-state index is -4.38. The van der Waals surface area contributed by atoms with Crippen LogP contribution >= 0.6 is 0 Å². The summed E-state index contributed by atoms with van der Waals surface area (Å²) >= 11 is 0. The third-order valence-electron chi connectivity index (χ3n) is 5.74. The smallest absolute Gasteiger partial charge is 0.416 e. The van der Waals surface area contributed by atoms with Crippen LogP contribution < -0.4 is 4.90 Å². The second kappa shape index (κ2) is 7.34. The van der Waals surface area contributed by atoms with E-state index in [4.69, 9.17) is 4.42 Å². The number of rotatable bonds is 2. The highest BCUT2D eigenvalue weighted by Crippen LogP contribution is 2.32. The quantitative estimate of drug-likeness (QED) is 0.422. The molecule has 158 valence electrons. The monoisotopic (exact) mass is 424 g/mol. The van der Waals surface area contributed by atoms with Crippen molar-refractivity contribution in [1.82, 2.24) is 4.90 Å². The summed E-state index contributed by atoms with van der Waals surface area (Å²) in [4.78, 5) is 16.5. The standard InChI is InChI=1S/C24H19F3N2O2/c25-24(26,27)17-5-3-6-18(14-17)28-10-12-29(13-11-28)23(30)22-15-20-19-7-2-1-4-16(19)8-9-21(20)31-22/h1-9,14-15H,10-13H2. The average Bonchev–Trinajstić information content (AvgIpc) is 3.23. The van der Waals surface area contributed by atoms with Crippen molar-refractivity contribution in [3.8, 4) is 0 Å². The van der Waals surface area contributed by atoms with Crippen LogP contribution in [0.15, 0.2) is 71.1 Å². The summed E-state index contributed by atoms with van der Waals surface area (Å²) in [6.07, 6.45) is -4.38. The number of amides is 1. The van der Waals surface area contributed by atoms with E-state index in [9.17, 15) is 18.0 Å². The van der Waals surface area contributed by atoms with Crippen molar-refractivity contribution in [2.75, 3.05) is 31.1 Å². The van der Waals surface area contributed by atoms with Gasteiger partial charge in [0.2, 0.25) is 0 Å². The molecule has 1 fully saturated rings. The molecule has 5 rings (SSSR count). The number of carbonyl (C=O) groups is 1. The minimum absolute atomic E-state index is 0.205. The highest BCUT2D eigenvalue weighted by molar-refractivity contribution is 6.08. The number of piperazine rings is 1. The summed E-state index contributed by atoms with van der Waals surface area (Å²) in [7, 11) is 0. The molecule has 1 aromatic heterocycles. The summed E-state index contributed by atoms with van der Waals surface area (Å²) in [6, 6.07) is 18.8. The molecule has 0 spiro atoms. The molecule has 0 aliphatic carbocycles. The number of benzene rings is 3. The van der Waals surface area contributed by atoms with Crippen LogP contribution in [0.25, 0.3) is 21.7 Å². The molecule has 0 radical (unpaired) electrons. The van der Waals surface area contributed by atoms with E-state index in [0.29, 0.717) is 37.4 Å². The van der Waals surface area contributed by atoms with Gasteiger partial charge in [-0.25, -0.2) is 0 Å². The van der Waals surface area contributed by atoms with E-state index < -0.39 is 11.7 Å². The van der Waals surface area contributed by atoms with Gasteiger partial charge in [-0.2, -0.15) is 13.2 Å².